The summed E-state index contributed by atoms with van der Waals surface area (Å²) in [6, 6.07) is 0. The number of rotatable bonds is 6. The lowest BCUT2D eigenvalue weighted by Crippen LogP contribution is -2.49. The van der Waals surface area contributed by atoms with Crippen LogP contribution in [0.2, 0.25) is 0 Å². The van der Waals surface area contributed by atoms with E-state index in [0.717, 1.165) is 19.3 Å². The zero-order chi connectivity index (χ0) is 15.3. The maximum atomic E-state index is 11.7. The van der Waals surface area contributed by atoms with E-state index in [1.54, 1.807) is 6.20 Å². The molecule has 2 rings (SSSR count). The highest BCUT2D eigenvalue weighted by Gasteiger charge is 2.42. The van der Waals surface area contributed by atoms with E-state index < -0.39 is 11.5 Å². The van der Waals surface area contributed by atoms with Crippen molar-refractivity contribution in [2.24, 2.45) is 5.92 Å². The number of ether oxygens (including phenoxy) is 1. The van der Waals surface area contributed by atoms with Gasteiger partial charge in [0.05, 0.1) is 19.0 Å². The van der Waals surface area contributed by atoms with Gasteiger partial charge in [-0.15, -0.1) is 0 Å². The van der Waals surface area contributed by atoms with Crippen LogP contribution in [0, 0.1) is 5.92 Å². The van der Waals surface area contributed by atoms with Crippen LogP contribution in [-0.4, -0.2) is 33.2 Å². The standard InChI is InChI=1S/C15H23N3O3/c1-3-7-21-13-10-16-9-12(17-13)18-15(14(19)20)6-4-5-11(2)8-15/h9-11H,3-8H2,1-2H3,(H,17,18)(H,19,20). The van der Waals surface area contributed by atoms with E-state index in [-0.39, 0.29) is 0 Å². The van der Waals surface area contributed by atoms with Gasteiger partial charge in [0.2, 0.25) is 5.88 Å². The van der Waals surface area contributed by atoms with Crippen LogP contribution in [0.4, 0.5) is 5.82 Å². The van der Waals surface area contributed by atoms with E-state index in [1.807, 2.05) is 6.92 Å². The van der Waals surface area contributed by atoms with E-state index in [1.165, 1.54) is 6.20 Å². The molecule has 0 radical (unpaired) electrons. The molecule has 0 bridgehead atoms. The summed E-state index contributed by atoms with van der Waals surface area (Å²) in [5.74, 6) is 0.442. The smallest absolute Gasteiger partial charge is 0.329 e. The molecule has 6 nitrogen and oxygen atoms in total. The first-order valence-electron chi connectivity index (χ1n) is 7.52. The summed E-state index contributed by atoms with van der Waals surface area (Å²) in [5, 5.41) is 12.7. The van der Waals surface area contributed by atoms with Gasteiger partial charge in [-0.3, -0.25) is 4.98 Å². The predicted octanol–water partition coefficient (Wildman–Crippen LogP) is 2.71. The first-order chi connectivity index (χ1) is 10.1. The molecule has 6 heteroatoms. The normalized spacial score (nSPS) is 25.3. The molecule has 1 aromatic rings. The first kappa shape index (κ1) is 15.5. The van der Waals surface area contributed by atoms with Gasteiger partial charge in [-0.25, -0.2) is 4.79 Å². The van der Waals surface area contributed by atoms with Crippen LogP contribution in [0.1, 0.15) is 46.0 Å². The summed E-state index contributed by atoms with van der Waals surface area (Å²) in [6.07, 6.45) is 7.15. The molecule has 1 aromatic heterocycles. The maximum Gasteiger partial charge on any atom is 0.329 e. The van der Waals surface area contributed by atoms with Crippen LogP contribution < -0.4 is 10.1 Å². The third-order valence-electron chi connectivity index (χ3n) is 3.84. The molecule has 21 heavy (non-hydrogen) atoms. The number of aromatic nitrogens is 2. The Morgan fingerprint density at radius 2 is 2.38 bits per heavy atom. The molecular weight excluding hydrogens is 270 g/mol. The summed E-state index contributed by atoms with van der Waals surface area (Å²) < 4.78 is 5.44. The maximum absolute atomic E-state index is 11.7. The average Bonchev–Trinajstić information content (AvgIpc) is 2.45. The zero-order valence-electron chi connectivity index (χ0n) is 12.6. The summed E-state index contributed by atoms with van der Waals surface area (Å²) in [4.78, 5) is 20.1. The monoisotopic (exact) mass is 293 g/mol. The molecule has 0 aliphatic heterocycles. The summed E-state index contributed by atoms with van der Waals surface area (Å²) in [6.45, 7) is 4.67. The van der Waals surface area contributed by atoms with Gasteiger partial charge < -0.3 is 15.2 Å². The van der Waals surface area contributed by atoms with Crippen molar-refractivity contribution in [3.8, 4) is 5.88 Å². The Balaban J connectivity index is 2.15. The molecule has 116 valence electrons. The Bertz CT molecular complexity index is 495. The van der Waals surface area contributed by atoms with E-state index in [2.05, 4.69) is 22.2 Å². The van der Waals surface area contributed by atoms with Gasteiger partial charge in [0.1, 0.15) is 11.4 Å². The number of carbonyl (C=O) groups is 1. The van der Waals surface area contributed by atoms with E-state index >= 15 is 0 Å². The number of hydrogen-bond acceptors (Lipinski definition) is 5. The highest BCUT2D eigenvalue weighted by Crippen LogP contribution is 2.35. The second kappa shape index (κ2) is 6.74. The van der Waals surface area contributed by atoms with Crippen molar-refractivity contribution in [1.29, 1.82) is 0 Å². The molecule has 0 aromatic carbocycles. The number of carboxylic acids is 1. The fourth-order valence-electron chi connectivity index (χ4n) is 2.84. The number of nitrogens with one attached hydrogen (secondary N) is 1. The van der Waals surface area contributed by atoms with Crippen molar-refractivity contribution in [2.75, 3.05) is 11.9 Å². The van der Waals surface area contributed by atoms with Gasteiger partial charge in [0, 0.05) is 0 Å². The SMILES string of the molecule is CCCOc1cncc(NC2(C(=O)O)CCCC(C)C2)n1. The first-order valence-corrected chi connectivity index (χ1v) is 7.52. The lowest BCUT2D eigenvalue weighted by Gasteiger charge is -2.37. The van der Waals surface area contributed by atoms with Gasteiger partial charge in [-0.2, -0.15) is 4.98 Å². The lowest BCUT2D eigenvalue weighted by molar-refractivity contribution is -0.144. The topological polar surface area (TPSA) is 84.3 Å². The van der Waals surface area contributed by atoms with Gasteiger partial charge >= 0.3 is 5.97 Å². The Kier molecular flexibility index (Phi) is 4.98. The van der Waals surface area contributed by atoms with Crippen molar-refractivity contribution in [3.63, 3.8) is 0 Å². The minimum Gasteiger partial charge on any atom is -0.480 e. The van der Waals surface area contributed by atoms with Crippen LogP contribution in [0.3, 0.4) is 0 Å². The Morgan fingerprint density at radius 1 is 1.57 bits per heavy atom. The van der Waals surface area contributed by atoms with Gasteiger partial charge in [0.25, 0.3) is 0 Å². The fraction of sp³-hybridized carbons (Fsp3) is 0.667. The van der Waals surface area contributed by atoms with Crippen molar-refractivity contribution in [1.82, 2.24) is 9.97 Å². The molecular formula is C15H23N3O3. The zero-order valence-corrected chi connectivity index (χ0v) is 12.6. The molecule has 1 aliphatic rings. The summed E-state index contributed by atoms with van der Waals surface area (Å²) in [7, 11) is 0. The summed E-state index contributed by atoms with van der Waals surface area (Å²) >= 11 is 0. The minimum atomic E-state index is -0.949. The summed E-state index contributed by atoms with van der Waals surface area (Å²) in [5.41, 5.74) is -0.949. The molecule has 2 N–H and O–H groups in total. The number of carboxylic acid groups (broad SMARTS) is 1. The van der Waals surface area contributed by atoms with Crippen LogP contribution in [0.25, 0.3) is 0 Å². The predicted molar refractivity (Wildman–Crippen MR) is 79.4 cm³/mol. The fourth-order valence-corrected chi connectivity index (χ4v) is 2.84. The van der Waals surface area contributed by atoms with E-state index in [9.17, 15) is 9.90 Å². The Labute approximate surface area is 124 Å². The van der Waals surface area contributed by atoms with Crippen molar-refractivity contribution in [3.05, 3.63) is 12.4 Å². The van der Waals surface area contributed by atoms with Crippen LogP contribution in [0.5, 0.6) is 5.88 Å². The highest BCUT2D eigenvalue weighted by molar-refractivity contribution is 5.82. The third-order valence-corrected chi connectivity index (χ3v) is 3.84. The van der Waals surface area contributed by atoms with Gasteiger partial charge in [-0.1, -0.05) is 26.7 Å². The Hall–Kier alpha value is -1.85. The number of aliphatic carboxylic acids is 1. The second-order valence-corrected chi connectivity index (χ2v) is 5.80. The number of anilines is 1. The van der Waals surface area contributed by atoms with Crippen LogP contribution in [-0.2, 0) is 4.79 Å². The number of nitrogens with zero attached hydrogens (tertiary/aromatic N) is 2. The molecule has 0 saturated heterocycles. The molecule has 1 saturated carbocycles. The van der Waals surface area contributed by atoms with Crippen molar-refractivity contribution in [2.45, 2.75) is 51.5 Å². The second-order valence-electron chi connectivity index (χ2n) is 5.80. The number of hydrogen-bond donors (Lipinski definition) is 2. The molecule has 1 heterocycles. The quantitative estimate of drug-likeness (QED) is 0.839. The minimum absolute atomic E-state index is 0.384. The lowest BCUT2D eigenvalue weighted by atomic mass is 9.76. The largest absolute Gasteiger partial charge is 0.480 e. The molecule has 2 atom stereocenters. The molecule has 0 amide bonds. The Morgan fingerprint density at radius 3 is 3.05 bits per heavy atom. The highest BCUT2D eigenvalue weighted by atomic mass is 16.5. The van der Waals surface area contributed by atoms with Gasteiger partial charge in [-0.05, 0) is 25.2 Å². The molecule has 2 unspecified atom stereocenters. The molecule has 1 fully saturated rings. The average molecular weight is 293 g/mol. The van der Waals surface area contributed by atoms with Crippen LogP contribution >= 0.6 is 0 Å². The van der Waals surface area contributed by atoms with E-state index in [0.29, 0.717) is 37.1 Å². The molecule has 1 aliphatic carbocycles. The third kappa shape index (κ3) is 3.83. The van der Waals surface area contributed by atoms with Crippen molar-refractivity contribution >= 4 is 11.8 Å². The van der Waals surface area contributed by atoms with E-state index in [4.69, 9.17) is 4.74 Å². The molecule has 0 spiro atoms. The van der Waals surface area contributed by atoms with Crippen LogP contribution in [0.15, 0.2) is 12.4 Å². The van der Waals surface area contributed by atoms with Gasteiger partial charge in [0.15, 0.2) is 0 Å². The van der Waals surface area contributed by atoms with Crippen molar-refractivity contribution < 1.29 is 14.6 Å².